The largest absolute Gasteiger partial charge is 0.277 e. The molecule has 3 rings (SSSR count). The SMILES string of the molecule is C/C(=N\N=C\c1cn[nH]c1-c1ccccc1)[C@H](C)Cc1ccccc1. The summed E-state index contributed by atoms with van der Waals surface area (Å²) in [5.74, 6) is 0.345. The lowest BCUT2D eigenvalue weighted by molar-refractivity contribution is 0.759. The van der Waals surface area contributed by atoms with Crippen LogP contribution in [0.2, 0.25) is 0 Å². The number of hydrogen-bond donors (Lipinski definition) is 1. The van der Waals surface area contributed by atoms with E-state index in [4.69, 9.17) is 0 Å². The Morgan fingerprint density at radius 3 is 2.48 bits per heavy atom. The standard InChI is InChI=1S/C21H22N4/c1-16(13-18-9-5-3-6-10-18)17(2)24-22-14-20-15-23-25-21(20)19-11-7-4-8-12-19/h3-12,14-16H,13H2,1-2H3,(H,23,25)/b22-14+,24-17+/t16-/m1/s1. The molecule has 0 radical (unpaired) electrons. The first-order valence-corrected chi connectivity index (χ1v) is 8.44. The Hall–Kier alpha value is -3.01. The Labute approximate surface area is 148 Å². The van der Waals surface area contributed by atoms with Crippen LogP contribution in [0, 0.1) is 5.92 Å². The van der Waals surface area contributed by atoms with Crippen LogP contribution in [0.5, 0.6) is 0 Å². The molecule has 126 valence electrons. The van der Waals surface area contributed by atoms with Gasteiger partial charge in [0.05, 0.1) is 18.1 Å². The number of nitrogens with one attached hydrogen (secondary N) is 1. The quantitative estimate of drug-likeness (QED) is 0.514. The molecule has 3 aromatic rings. The highest BCUT2D eigenvalue weighted by Crippen LogP contribution is 2.19. The molecule has 0 fully saturated rings. The fourth-order valence-electron chi connectivity index (χ4n) is 2.63. The number of aromatic nitrogens is 2. The normalized spacial score (nSPS) is 13.3. The van der Waals surface area contributed by atoms with Crippen LogP contribution in [0.15, 0.2) is 77.1 Å². The molecule has 1 aromatic heterocycles. The van der Waals surface area contributed by atoms with Crippen molar-refractivity contribution in [1.29, 1.82) is 0 Å². The monoisotopic (exact) mass is 330 g/mol. The Morgan fingerprint density at radius 2 is 1.76 bits per heavy atom. The average molecular weight is 330 g/mol. The second-order valence-corrected chi connectivity index (χ2v) is 6.14. The highest BCUT2D eigenvalue weighted by Gasteiger charge is 2.07. The summed E-state index contributed by atoms with van der Waals surface area (Å²) < 4.78 is 0. The molecule has 25 heavy (non-hydrogen) atoms. The maximum Gasteiger partial charge on any atom is 0.0738 e. The van der Waals surface area contributed by atoms with E-state index in [1.165, 1.54) is 5.56 Å². The molecule has 0 amide bonds. The zero-order valence-electron chi connectivity index (χ0n) is 14.6. The summed E-state index contributed by atoms with van der Waals surface area (Å²) in [6.07, 6.45) is 4.49. The molecule has 0 aliphatic heterocycles. The Morgan fingerprint density at radius 1 is 1.08 bits per heavy atom. The van der Waals surface area contributed by atoms with Crippen LogP contribution >= 0.6 is 0 Å². The molecular formula is C21H22N4. The second kappa shape index (κ2) is 8.20. The van der Waals surface area contributed by atoms with Crippen LogP contribution < -0.4 is 0 Å². The molecule has 0 spiro atoms. The molecule has 0 saturated carbocycles. The molecule has 1 N–H and O–H groups in total. The van der Waals surface area contributed by atoms with Crippen molar-refractivity contribution in [3.63, 3.8) is 0 Å². The van der Waals surface area contributed by atoms with Gasteiger partial charge in [0.25, 0.3) is 0 Å². The maximum atomic E-state index is 4.37. The molecule has 0 saturated heterocycles. The Bertz CT molecular complexity index is 848. The van der Waals surface area contributed by atoms with Crippen LogP contribution in [-0.2, 0) is 6.42 Å². The van der Waals surface area contributed by atoms with Gasteiger partial charge in [0.2, 0.25) is 0 Å². The smallest absolute Gasteiger partial charge is 0.0738 e. The van der Waals surface area contributed by atoms with E-state index in [0.717, 1.165) is 29.0 Å². The molecule has 4 heteroatoms. The fraction of sp³-hybridized carbons (Fsp3) is 0.190. The number of rotatable bonds is 6. The van der Waals surface area contributed by atoms with Gasteiger partial charge in [-0.3, -0.25) is 5.10 Å². The summed E-state index contributed by atoms with van der Waals surface area (Å²) in [5, 5.41) is 15.8. The Kier molecular flexibility index (Phi) is 5.52. The van der Waals surface area contributed by atoms with E-state index in [1.54, 1.807) is 12.4 Å². The summed E-state index contributed by atoms with van der Waals surface area (Å²) in [7, 11) is 0. The summed E-state index contributed by atoms with van der Waals surface area (Å²) in [6, 6.07) is 20.5. The lowest BCUT2D eigenvalue weighted by atomic mass is 9.97. The minimum absolute atomic E-state index is 0.345. The van der Waals surface area contributed by atoms with E-state index in [9.17, 15) is 0 Å². The first kappa shape index (κ1) is 16.8. The van der Waals surface area contributed by atoms with Crippen molar-refractivity contribution in [3.8, 4) is 11.3 Å². The fourth-order valence-corrected chi connectivity index (χ4v) is 2.63. The van der Waals surface area contributed by atoms with E-state index in [2.05, 4.69) is 51.6 Å². The van der Waals surface area contributed by atoms with E-state index in [0.29, 0.717) is 5.92 Å². The highest BCUT2D eigenvalue weighted by atomic mass is 15.2. The van der Waals surface area contributed by atoms with E-state index in [1.807, 2.05) is 43.3 Å². The molecule has 1 atom stereocenters. The predicted octanol–water partition coefficient (Wildman–Crippen LogP) is 4.75. The molecule has 1 heterocycles. The van der Waals surface area contributed by atoms with Gasteiger partial charge >= 0.3 is 0 Å². The van der Waals surface area contributed by atoms with Gasteiger partial charge in [-0.2, -0.15) is 15.3 Å². The molecule has 4 nitrogen and oxygen atoms in total. The van der Waals surface area contributed by atoms with Crippen molar-refractivity contribution >= 4 is 11.9 Å². The van der Waals surface area contributed by atoms with Gasteiger partial charge in [-0.15, -0.1) is 0 Å². The first-order valence-electron chi connectivity index (χ1n) is 8.44. The number of aromatic amines is 1. The molecule has 2 aromatic carbocycles. The van der Waals surface area contributed by atoms with Gasteiger partial charge in [-0.05, 0) is 18.9 Å². The Balaban J connectivity index is 1.68. The van der Waals surface area contributed by atoms with Crippen molar-refractivity contribution < 1.29 is 0 Å². The molecule has 0 aliphatic carbocycles. The second-order valence-electron chi connectivity index (χ2n) is 6.14. The molecule has 0 aliphatic rings. The molecule has 0 unspecified atom stereocenters. The summed E-state index contributed by atoms with van der Waals surface area (Å²) in [4.78, 5) is 0. The van der Waals surface area contributed by atoms with Crippen LogP contribution in [0.3, 0.4) is 0 Å². The zero-order valence-corrected chi connectivity index (χ0v) is 14.6. The van der Waals surface area contributed by atoms with Crippen molar-refractivity contribution in [2.75, 3.05) is 0 Å². The van der Waals surface area contributed by atoms with Crippen molar-refractivity contribution in [2.24, 2.45) is 16.1 Å². The van der Waals surface area contributed by atoms with Crippen molar-refractivity contribution in [3.05, 3.63) is 78.0 Å². The van der Waals surface area contributed by atoms with Gasteiger partial charge in [-0.25, -0.2) is 0 Å². The summed E-state index contributed by atoms with van der Waals surface area (Å²) in [5.41, 5.74) is 5.30. The topological polar surface area (TPSA) is 53.4 Å². The van der Waals surface area contributed by atoms with E-state index in [-0.39, 0.29) is 0 Å². The highest BCUT2D eigenvalue weighted by molar-refractivity contribution is 5.89. The van der Waals surface area contributed by atoms with Crippen LogP contribution in [0.4, 0.5) is 0 Å². The summed E-state index contributed by atoms with van der Waals surface area (Å²) >= 11 is 0. The average Bonchev–Trinajstić information content (AvgIpc) is 3.11. The minimum atomic E-state index is 0.345. The van der Waals surface area contributed by atoms with Gasteiger partial charge in [0.1, 0.15) is 0 Å². The van der Waals surface area contributed by atoms with Crippen molar-refractivity contribution in [1.82, 2.24) is 10.2 Å². The van der Waals surface area contributed by atoms with Crippen molar-refractivity contribution in [2.45, 2.75) is 20.3 Å². The minimum Gasteiger partial charge on any atom is -0.277 e. The van der Waals surface area contributed by atoms with Crippen LogP contribution in [-0.4, -0.2) is 22.1 Å². The van der Waals surface area contributed by atoms with Gasteiger partial charge < -0.3 is 0 Å². The lowest BCUT2D eigenvalue weighted by Crippen LogP contribution is -2.09. The number of nitrogens with zero attached hydrogens (tertiary/aromatic N) is 3. The first-order chi connectivity index (χ1) is 12.2. The third-order valence-electron chi connectivity index (χ3n) is 4.24. The van der Waals surface area contributed by atoms with E-state index < -0.39 is 0 Å². The molecule has 0 bridgehead atoms. The third-order valence-corrected chi connectivity index (χ3v) is 4.24. The maximum absolute atomic E-state index is 4.37. The number of benzene rings is 2. The lowest BCUT2D eigenvalue weighted by Gasteiger charge is -2.09. The zero-order chi connectivity index (χ0) is 17.5. The third kappa shape index (κ3) is 4.51. The number of hydrogen-bond acceptors (Lipinski definition) is 3. The molecular weight excluding hydrogens is 308 g/mol. The van der Waals surface area contributed by atoms with Gasteiger partial charge in [-0.1, -0.05) is 67.6 Å². The van der Waals surface area contributed by atoms with Crippen LogP contribution in [0.1, 0.15) is 25.0 Å². The number of H-pyrrole nitrogens is 1. The summed E-state index contributed by atoms with van der Waals surface area (Å²) in [6.45, 7) is 4.20. The van der Waals surface area contributed by atoms with Crippen LogP contribution in [0.25, 0.3) is 11.3 Å². The van der Waals surface area contributed by atoms with Gasteiger partial charge in [0.15, 0.2) is 0 Å². The van der Waals surface area contributed by atoms with E-state index >= 15 is 0 Å². The predicted molar refractivity (Wildman–Crippen MR) is 104 cm³/mol. The van der Waals surface area contributed by atoms with Gasteiger partial charge in [0, 0.05) is 22.8 Å².